The molecule has 1 N–H and O–H groups in total. The Hall–Kier alpha value is -2.51. The average molecular weight is 460 g/mol. The monoisotopic (exact) mass is 459 g/mol. The molecule has 0 saturated heterocycles. The predicted molar refractivity (Wildman–Crippen MR) is 90.8 cm³/mol. The standard InChI is InChI=1S/C15H11ClF5N3O4S/c1-24(2)29(26,27)23-14(25)7-3-11(18)12(5-10(7)17)28-13-4-8(15(19,20)21)9(16)6-22-13/h3-6H,1-2H3,(H,23,25). The molecule has 14 heteroatoms. The molecule has 29 heavy (non-hydrogen) atoms. The molecule has 1 aromatic carbocycles. The summed E-state index contributed by atoms with van der Waals surface area (Å²) in [6.07, 6.45) is -4.23. The van der Waals surface area contributed by atoms with Crippen molar-refractivity contribution in [3.05, 3.63) is 52.2 Å². The zero-order valence-corrected chi connectivity index (χ0v) is 16.1. The Labute approximate surface area is 166 Å². The molecule has 1 aromatic heterocycles. The van der Waals surface area contributed by atoms with E-state index in [0.717, 1.165) is 14.1 Å². The Balaban J connectivity index is 2.34. The van der Waals surface area contributed by atoms with Crippen LogP contribution >= 0.6 is 11.6 Å². The highest BCUT2D eigenvalue weighted by atomic mass is 35.5. The van der Waals surface area contributed by atoms with Gasteiger partial charge in [-0.05, 0) is 6.07 Å². The Kier molecular flexibility index (Phi) is 6.35. The van der Waals surface area contributed by atoms with E-state index in [1.807, 2.05) is 0 Å². The molecule has 0 radical (unpaired) electrons. The van der Waals surface area contributed by atoms with Gasteiger partial charge in [-0.25, -0.2) is 18.5 Å². The molecule has 0 aliphatic heterocycles. The lowest BCUT2D eigenvalue weighted by molar-refractivity contribution is -0.137. The van der Waals surface area contributed by atoms with Crippen molar-refractivity contribution < 1.29 is 39.9 Å². The van der Waals surface area contributed by atoms with Gasteiger partial charge in [-0.1, -0.05) is 11.6 Å². The number of rotatable bonds is 5. The van der Waals surface area contributed by atoms with Crippen molar-refractivity contribution in [2.24, 2.45) is 0 Å². The maximum atomic E-state index is 14.2. The highest BCUT2D eigenvalue weighted by Gasteiger charge is 2.34. The third-order valence-electron chi connectivity index (χ3n) is 3.32. The van der Waals surface area contributed by atoms with Crippen molar-refractivity contribution in [1.82, 2.24) is 14.0 Å². The summed E-state index contributed by atoms with van der Waals surface area (Å²) in [4.78, 5) is 15.3. The molecule has 0 spiro atoms. The Morgan fingerprint density at radius 3 is 2.34 bits per heavy atom. The molecule has 0 aliphatic rings. The summed E-state index contributed by atoms with van der Waals surface area (Å²) in [5, 5.41) is -0.731. The molecule has 1 heterocycles. The van der Waals surface area contributed by atoms with E-state index < -0.39 is 61.7 Å². The fourth-order valence-electron chi connectivity index (χ4n) is 1.85. The second-order valence-corrected chi connectivity index (χ2v) is 7.88. The van der Waals surface area contributed by atoms with E-state index in [2.05, 4.69) is 4.98 Å². The van der Waals surface area contributed by atoms with Gasteiger partial charge < -0.3 is 4.74 Å². The zero-order chi connectivity index (χ0) is 22.1. The number of carbonyl (C=O) groups excluding carboxylic acids is 1. The minimum atomic E-state index is -4.85. The van der Waals surface area contributed by atoms with E-state index in [-0.39, 0.29) is 0 Å². The predicted octanol–water partition coefficient (Wildman–Crippen LogP) is 3.36. The summed E-state index contributed by atoms with van der Waals surface area (Å²) < 4.78 is 97.0. The Morgan fingerprint density at radius 1 is 1.17 bits per heavy atom. The molecule has 0 saturated carbocycles. The van der Waals surface area contributed by atoms with Crippen LogP contribution in [-0.4, -0.2) is 37.7 Å². The lowest BCUT2D eigenvalue weighted by Crippen LogP contribution is -2.39. The molecule has 1 amide bonds. The SMILES string of the molecule is CN(C)S(=O)(=O)NC(=O)c1cc(F)c(Oc2cc(C(F)(F)F)c(Cl)cn2)cc1F. The molecule has 2 rings (SSSR count). The van der Waals surface area contributed by atoms with Crippen LogP contribution in [0.5, 0.6) is 11.6 Å². The lowest BCUT2D eigenvalue weighted by Gasteiger charge is -2.14. The van der Waals surface area contributed by atoms with Gasteiger partial charge >= 0.3 is 16.4 Å². The Bertz CT molecular complexity index is 1060. The van der Waals surface area contributed by atoms with Crippen LogP contribution < -0.4 is 9.46 Å². The number of amides is 1. The fraction of sp³-hybridized carbons (Fsp3) is 0.200. The molecule has 158 valence electrons. The summed E-state index contributed by atoms with van der Waals surface area (Å²) in [5.41, 5.74) is -2.28. The number of nitrogens with one attached hydrogen (secondary N) is 1. The largest absolute Gasteiger partial charge is 0.436 e. The summed E-state index contributed by atoms with van der Waals surface area (Å²) in [6, 6.07) is 1.06. The molecular formula is C15H11ClF5N3O4S. The van der Waals surface area contributed by atoms with Gasteiger partial charge in [0.25, 0.3) is 5.91 Å². The van der Waals surface area contributed by atoms with E-state index in [1.165, 1.54) is 4.72 Å². The van der Waals surface area contributed by atoms with Crippen LogP contribution in [0.3, 0.4) is 0 Å². The van der Waals surface area contributed by atoms with Crippen LogP contribution in [0.25, 0.3) is 0 Å². The van der Waals surface area contributed by atoms with Gasteiger partial charge in [-0.3, -0.25) is 4.79 Å². The summed E-state index contributed by atoms with van der Waals surface area (Å²) in [7, 11) is -2.08. The van der Waals surface area contributed by atoms with Crippen molar-refractivity contribution in [1.29, 1.82) is 0 Å². The number of aromatic nitrogens is 1. The smallest absolute Gasteiger partial charge is 0.418 e. The van der Waals surface area contributed by atoms with Crippen molar-refractivity contribution >= 4 is 27.7 Å². The maximum absolute atomic E-state index is 14.2. The minimum absolute atomic E-state index is 0.325. The number of hydrogen-bond donors (Lipinski definition) is 1. The first-order valence-electron chi connectivity index (χ1n) is 7.36. The highest BCUT2D eigenvalue weighted by Crippen LogP contribution is 2.37. The van der Waals surface area contributed by atoms with Gasteiger partial charge in [0.1, 0.15) is 5.82 Å². The molecule has 0 atom stereocenters. The third kappa shape index (κ3) is 5.31. The van der Waals surface area contributed by atoms with Crippen molar-refractivity contribution in [3.63, 3.8) is 0 Å². The van der Waals surface area contributed by atoms with Gasteiger partial charge in [-0.15, -0.1) is 0 Å². The number of halogens is 6. The van der Waals surface area contributed by atoms with Crippen molar-refractivity contribution in [3.8, 4) is 11.6 Å². The number of hydrogen-bond acceptors (Lipinski definition) is 5. The number of nitrogens with zero attached hydrogens (tertiary/aromatic N) is 2. The first-order valence-corrected chi connectivity index (χ1v) is 9.18. The summed E-state index contributed by atoms with van der Waals surface area (Å²) >= 11 is 5.40. The molecule has 2 aromatic rings. The molecular weight excluding hydrogens is 449 g/mol. The molecule has 0 fully saturated rings. The summed E-state index contributed by atoms with van der Waals surface area (Å²) in [6.45, 7) is 0. The van der Waals surface area contributed by atoms with Crippen LogP contribution in [0, 0.1) is 11.6 Å². The van der Waals surface area contributed by atoms with Crippen molar-refractivity contribution in [2.75, 3.05) is 14.1 Å². The van der Waals surface area contributed by atoms with Gasteiger partial charge in [0.15, 0.2) is 11.6 Å². The Morgan fingerprint density at radius 2 is 1.79 bits per heavy atom. The van der Waals surface area contributed by atoms with E-state index >= 15 is 0 Å². The van der Waals surface area contributed by atoms with E-state index in [0.29, 0.717) is 28.7 Å². The minimum Gasteiger partial charge on any atom is -0.436 e. The van der Waals surface area contributed by atoms with Gasteiger partial charge in [0.05, 0.1) is 22.3 Å². The van der Waals surface area contributed by atoms with E-state index in [9.17, 15) is 35.2 Å². The van der Waals surface area contributed by atoms with Crippen LogP contribution in [-0.2, 0) is 16.4 Å². The zero-order valence-electron chi connectivity index (χ0n) is 14.5. The molecule has 0 bridgehead atoms. The third-order valence-corrected chi connectivity index (χ3v) is 5.02. The first kappa shape index (κ1) is 22.8. The average Bonchev–Trinajstić information content (AvgIpc) is 2.57. The topological polar surface area (TPSA) is 88.6 Å². The second-order valence-electron chi connectivity index (χ2n) is 5.58. The van der Waals surface area contributed by atoms with Crippen molar-refractivity contribution in [2.45, 2.75) is 6.18 Å². The first-order chi connectivity index (χ1) is 13.2. The van der Waals surface area contributed by atoms with E-state index in [1.54, 1.807) is 0 Å². The fourth-order valence-corrected chi connectivity index (χ4v) is 2.59. The van der Waals surface area contributed by atoms with E-state index in [4.69, 9.17) is 16.3 Å². The van der Waals surface area contributed by atoms with Gasteiger partial charge in [0.2, 0.25) is 5.88 Å². The molecule has 0 unspecified atom stereocenters. The number of alkyl halides is 3. The number of ether oxygens (including phenoxy) is 1. The van der Waals surface area contributed by atoms with Crippen LogP contribution in [0.2, 0.25) is 5.02 Å². The van der Waals surface area contributed by atoms with Gasteiger partial charge in [0, 0.05) is 26.2 Å². The number of benzene rings is 1. The lowest BCUT2D eigenvalue weighted by atomic mass is 10.2. The molecule has 7 nitrogen and oxygen atoms in total. The normalized spacial score (nSPS) is 12.2. The second kappa shape index (κ2) is 8.08. The highest BCUT2D eigenvalue weighted by molar-refractivity contribution is 7.87. The van der Waals surface area contributed by atoms with Crippen LogP contribution in [0.4, 0.5) is 22.0 Å². The van der Waals surface area contributed by atoms with Crippen LogP contribution in [0.1, 0.15) is 15.9 Å². The quantitative estimate of drug-likeness (QED) is 0.693. The van der Waals surface area contributed by atoms with Crippen LogP contribution in [0.15, 0.2) is 24.4 Å². The summed E-state index contributed by atoms with van der Waals surface area (Å²) in [5.74, 6) is -5.85. The number of carbonyl (C=O) groups is 1. The molecule has 0 aliphatic carbocycles. The maximum Gasteiger partial charge on any atom is 0.418 e. The van der Waals surface area contributed by atoms with Gasteiger partial charge in [-0.2, -0.15) is 25.9 Å². The number of pyridine rings is 1.